The van der Waals surface area contributed by atoms with Crippen molar-refractivity contribution in [2.45, 2.75) is 30.8 Å². The number of thioether (sulfide) groups is 1. The van der Waals surface area contributed by atoms with E-state index in [0.717, 1.165) is 16.8 Å². The van der Waals surface area contributed by atoms with E-state index < -0.39 is 0 Å². The smallest absolute Gasteiger partial charge is 0.237 e. The molecule has 2 aromatic carbocycles. The van der Waals surface area contributed by atoms with Gasteiger partial charge in [0.05, 0.1) is 17.9 Å². The van der Waals surface area contributed by atoms with E-state index in [9.17, 15) is 4.79 Å². The highest BCUT2D eigenvalue weighted by Gasteiger charge is 2.22. The van der Waals surface area contributed by atoms with Crippen LogP contribution in [0.1, 0.15) is 12.5 Å². The molecule has 0 fully saturated rings. The Morgan fingerprint density at radius 2 is 1.97 bits per heavy atom. The lowest BCUT2D eigenvalue weighted by Gasteiger charge is -2.14. The summed E-state index contributed by atoms with van der Waals surface area (Å²) in [5.74, 6) is 1.31. The van der Waals surface area contributed by atoms with Gasteiger partial charge in [-0.15, -0.1) is 16.8 Å². The SMILES string of the molecule is C=CCn1c(SC(C)C(=O)Nc2ccccc2C)nnc1-c1ccccc1OC. The molecule has 1 amide bonds. The fourth-order valence-electron chi connectivity index (χ4n) is 2.86. The fourth-order valence-corrected chi connectivity index (χ4v) is 3.72. The van der Waals surface area contributed by atoms with E-state index in [-0.39, 0.29) is 11.2 Å². The second kappa shape index (κ2) is 9.43. The van der Waals surface area contributed by atoms with E-state index in [2.05, 4.69) is 22.1 Å². The quantitative estimate of drug-likeness (QED) is 0.437. The summed E-state index contributed by atoms with van der Waals surface area (Å²) in [5, 5.41) is 12.0. The molecule has 1 unspecified atom stereocenters. The Morgan fingerprint density at radius 1 is 1.24 bits per heavy atom. The molecule has 1 heterocycles. The van der Waals surface area contributed by atoms with Gasteiger partial charge in [0.2, 0.25) is 5.91 Å². The number of carbonyl (C=O) groups excluding carboxylic acids is 1. The van der Waals surface area contributed by atoms with Crippen LogP contribution in [0.4, 0.5) is 5.69 Å². The highest BCUT2D eigenvalue weighted by molar-refractivity contribution is 8.00. The van der Waals surface area contributed by atoms with Crippen LogP contribution in [0.3, 0.4) is 0 Å². The number of hydrogen-bond acceptors (Lipinski definition) is 5. The van der Waals surface area contributed by atoms with E-state index in [1.807, 2.05) is 66.9 Å². The van der Waals surface area contributed by atoms with Gasteiger partial charge in [-0.05, 0) is 37.6 Å². The van der Waals surface area contributed by atoms with Gasteiger partial charge >= 0.3 is 0 Å². The van der Waals surface area contributed by atoms with Crippen LogP contribution in [0.2, 0.25) is 0 Å². The lowest BCUT2D eigenvalue weighted by atomic mass is 10.2. The summed E-state index contributed by atoms with van der Waals surface area (Å²) in [6.45, 7) is 8.18. The van der Waals surface area contributed by atoms with Crippen LogP contribution in [0.25, 0.3) is 11.4 Å². The maximum Gasteiger partial charge on any atom is 0.237 e. The lowest BCUT2D eigenvalue weighted by molar-refractivity contribution is -0.115. The number of nitrogens with zero attached hydrogens (tertiary/aromatic N) is 3. The molecule has 3 rings (SSSR count). The summed E-state index contributed by atoms with van der Waals surface area (Å²) in [6, 6.07) is 15.4. The zero-order chi connectivity index (χ0) is 20.8. The van der Waals surface area contributed by atoms with E-state index in [1.165, 1.54) is 11.8 Å². The predicted molar refractivity (Wildman–Crippen MR) is 117 cm³/mol. The number of methoxy groups -OCH3 is 1. The Kier molecular flexibility index (Phi) is 6.72. The van der Waals surface area contributed by atoms with Gasteiger partial charge in [-0.25, -0.2) is 0 Å². The monoisotopic (exact) mass is 408 g/mol. The lowest BCUT2D eigenvalue weighted by Crippen LogP contribution is -2.23. The molecule has 0 bridgehead atoms. The highest BCUT2D eigenvalue weighted by atomic mass is 32.2. The summed E-state index contributed by atoms with van der Waals surface area (Å²) in [7, 11) is 1.63. The average Bonchev–Trinajstić information content (AvgIpc) is 3.12. The molecule has 0 aliphatic carbocycles. The van der Waals surface area contributed by atoms with Gasteiger partial charge in [0.25, 0.3) is 0 Å². The maximum absolute atomic E-state index is 12.7. The molecule has 1 N–H and O–H groups in total. The number of rotatable bonds is 8. The van der Waals surface area contributed by atoms with Crippen molar-refractivity contribution in [1.82, 2.24) is 14.8 Å². The Hall–Kier alpha value is -3.06. The number of para-hydroxylation sites is 2. The average molecular weight is 409 g/mol. The third-order valence-corrected chi connectivity index (χ3v) is 5.51. The van der Waals surface area contributed by atoms with Crippen molar-refractivity contribution >= 4 is 23.4 Å². The minimum Gasteiger partial charge on any atom is -0.496 e. The number of ether oxygens (including phenoxy) is 1. The van der Waals surface area contributed by atoms with Crippen LogP contribution in [0, 0.1) is 6.92 Å². The molecule has 1 atom stereocenters. The van der Waals surface area contributed by atoms with Crippen molar-refractivity contribution < 1.29 is 9.53 Å². The summed E-state index contributed by atoms with van der Waals surface area (Å²) in [5.41, 5.74) is 2.67. The number of amides is 1. The molecule has 0 aliphatic heterocycles. The predicted octanol–water partition coefficient (Wildman–Crippen LogP) is 4.57. The molecule has 150 valence electrons. The van der Waals surface area contributed by atoms with Crippen molar-refractivity contribution in [2.24, 2.45) is 0 Å². The molecule has 0 saturated heterocycles. The van der Waals surface area contributed by atoms with Crippen molar-refractivity contribution in [1.29, 1.82) is 0 Å². The van der Waals surface area contributed by atoms with E-state index in [0.29, 0.717) is 23.3 Å². The van der Waals surface area contributed by atoms with Crippen LogP contribution < -0.4 is 10.1 Å². The minimum atomic E-state index is -0.354. The zero-order valence-corrected chi connectivity index (χ0v) is 17.6. The Morgan fingerprint density at radius 3 is 2.69 bits per heavy atom. The topological polar surface area (TPSA) is 69.0 Å². The first kappa shape index (κ1) is 20.7. The van der Waals surface area contributed by atoms with Crippen LogP contribution >= 0.6 is 11.8 Å². The van der Waals surface area contributed by atoms with Gasteiger partial charge < -0.3 is 10.1 Å². The van der Waals surface area contributed by atoms with Gasteiger partial charge in [0, 0.05) is 12.2 Å². The number of nitrogens with one attached hydrogen (secondary N) is 1. The number of aromatic nitrogens is 3. The molecular weight excluding hydrogens is 384 g/mol. The molecule has 1 aromatic heterocycles. The molecule has 29 heavy (non-hydrogen) atoms. The molecular formula is C22H24N4O2S. The standard InChI is InChI=1S/C22H24N4O2S/c1-5-14-26-20(17-11-7-9-13-19(17)28-4)24-25-22(26)29-16(3)21(27)23-18-12-8-6-10-15(18)2/h5-13,16H,1,14H2,2-4H3,(H,23,27). The Bertz CT molecular complexity index is 1020. The van der Waals surface area contributed by atoms with Crippen LogP contribution in [-0.4, -0.2) is 33.0 Å². The van der Waals surface area contributed by atoms with E-state index in [4.69, 9.17) is 4.74 Å². The van der Waals surface area contributed by atoms with Crippen LogP contribution in [-0.2, 0) is 11.3 Å². The normalized spacial score (nSPS) is 11.7. The third kappa shape index (κ3) is 4.68. The van der Waals surface area contributed by atoms with E-state index >= 15 is 0 Å². The summed E-state index contributed by atoms with van der Waals surface area (Å²) >= 11 is 1.36. The Labute approximate surface area is 175 Å². The second-order valence-electron chi connectivity index (χ2n) is 6.47. The van der Waals surface area contributed by atoms with Crippen molar-refractivity contribution in [3.8, 4) is 17.1 Å². The molecule has 6 nitrogen and oxygen atoms in total. The first-order valence-corrected chi connectivity index (χ1v) is 10.1. The molecule has 7 heteroatoms. The minimum absolute atomic E-state index is 0.0868. The van der Waals surface area contributed by atoms with Gasteiger partial charge in [-0.1, -0.05) is 48.2 Å². The first-order chi connectivity index (χ1) is 14.0. The molecule has 3 aromatic rings. The van der Waals surface area contributed by atoms with Crippen LogP contribution in [0.15, 0.2) is 66.3 Å². The Balaban J connectivity index is 1.83. The van der Waals surface area contributed by atoms with Crippen molar-refractivity contribution in [3.05, 3.63) is 66.7 Å². The van der Waals surface area contributed by atoms with Crippen molar-refractivity contribution in [2.75, 3.05) is 12.4 Å². The van der Waals surface area contributed by atoms with Gasteiger partial charge in [-0.2, -0.15) is 0 Å². The van der Waals surface area contributed by atoms with Gasteiger partial charge in [-0.3, -0.25) is 9.36 Å². The maximum atomic E-state index is 12.7. The number of hydrogen-bond donors (Lipinski definition) is 1. The first-order valence-electron chi connectivity index (χ1n) is 9.25. The highest BCUT2D eigenvalue weighted by Crippen LogP contribution is 2.32. The number of allylic oxidation sites excluding steroid dienone is 1. The number of carbonyl (C=O) groups is 1. The summed E-state index contributed by atoms with van der Waals surface area (Å²) < 4.78 is 7.40. The summed E-state index contributed by atoms with van der Waals surface area (Å²) in [4.78, 5) is 12.7. The number of benzene rings is 2. The third-order valence-electron chi connectivity index (χ3n) is 4.43. The van der Waals surface area contributed by atoms with Gasteiger partial charge in [0.15, 0.2) is 11.0 Å². The molecule has 0 aliphatic rings. The number of anilines is 1. The molecule has 0 radical (unpaired) electrons. The van der Waals surface area contributed by atoms with E-state index in [1.54, 1.807) is 13.2 Å². The molecule has 0 saturated carbocycles. The number of aryl methyl sites for hydroxylation is 1. The molecule has 0 spiro atoms. The van der Waals surface area contributed by atoms with Crippen LogP contribution in [0.5, 0.6) is 5.75 Å². The largest absolute Gasteiger partial charge is 0.496 e. The fraction of sp³-hybridized carbons (Fsp3) is 0.227. The second-order valence-corrected chi connectivity index (χ2v) is 7.78. The summed E-state index contributed by atoms with van der Waals surface area (Å²) in [6.07, 6.45) is 1.78. The zero-order valence-electron chi connectivity index (χ0n) is 16.8. The van der Waals surface area contributed by atoms with Crippen molar-refractivity contribution in [3.63, 3.8) is 0 Å². The van der Waals surface area contributed by atoms with Gasteiger partial charge in [0.1, 0.15) is 5.75 Å².